The molecule has 0 aliphatic heterocycles. The number of rotatable bonds is 5. The Bertz CT molecular complexity index is 1240. The van der Waals surface area contributed by atoms with Crippen molar-refractivity contribution in [2.24, 2.45) is 0 Å². The lowest BCUT2D eigenvalue weighted by atomic mass is 10.1. The molecule has 3 aromatic rings. The fraction of sp³-hybridized carbons (Fsp3) is 0.263. The zero-order valence-corrected chi connectivity index (χ0v) is 16.9. The lowest BCUT2D eigenvalue weighted by molar-refractivity contribution is -0.0438. The monoisotopic (exact) mass is 459 g/mol. The molecule has 1 aliphatic rings. The van der Waals surface area contributed by atoms with Crippen molar-refractivity contribution >= 4 is 22.5 Å². The molecule has 0 fully saturated rings. The van der Waals surface area contributed by atoms with Gasteiger partial charge in [-0.2, -0.15) is 13.2 Å². The van der Waals surface area contributed by atoms with Crippen LogP contribution in [-0.2, 0) is 15.8 Å². The van der Waals surface area contributed by atoms with Gasteiger partial charge in [0, 0.05) is 17.7 Å². The summed E-state index contributed by atoms with van der Waals surface area (Å²) < 4.78 is 89.8. The number of benzene rings is 1. The third kappa shape index (κ3) is 3.54. The van der Waals surface area contributed by atoms with Crippen molar-refractivity contribution < 1.29 is 35.1 Å². The van der Waals surface area contributed by atoms with Gasteiger partial charge in [0.2, 0.25) is 0 Å². The number of aromatic nitrogens is 3. The minimum atomic E-state index is -5.21. The number of hydrogen-bond acceptors (Lipinski definition) is 5. The third-order valence-corrected chi connectivity index (χ3v) is 5.30. The molecule has 0 bridgehead atoms. The van der Waals surface area contributed by atoms with Crippen molar-refractivity contribution in [3.8, 4) is 17.0 Å². The average Bonchev–Trinajstić information content (AvgIpc) is 3.21. The Balaban J connectivity index is 1.98. The molecule has 4 rings (SSSR count). The summed E-state index contributed by atoms with van der Waals surface area (Å²) in [4.78, 5) is 4.19. The summed E-state index contributed by atoms with van der Waals surface area (Å²) in [6.45, 7) is 3.95. The topological polar surface area (TPSA) is 65.7 Å². The first kappa shape index (κ1) is 21.2. The number of alkyl halides is 3. The molecule has 2 heterocycles. The smallest absolute Gasteiger partial charge is 0.493 e. The second-order valence-corrected chi connectivity index (χ2v) is 7.69. The zero-order chi connectivity index (χ0) is 22.5. The minimum absolute atomic E-state index is 0.0876. The van der Waals surface area contributed by atoms with Crippen LogP contribution in [0.15, 0.2) is 30.5 Å². The molecule has 31 heavy (non-hydrogen) atoms. The number of hydrogen-bond donors (Lipinski definition) is 0. The summed E-state index contributed by atoms with van der Waals surface area (Å²) in [5, 5.41) is 3.99. The SMILES string of the molecule is CCOC1=CC(C)c2c1cnc1c(-c3cccc(F)c3F)c(OS(=O)C(F)(F)F)nn21. The van der Waals surface area contributed by atoms with Crippen LogP contribution in [0.4, 0.5) is 22.0 Å². The summed E-state index contributed by atoms with van der Waals surface area (Å²) in [5.74, 6) is -3.13. The first-order valence-electron chi connectivity index (χ1n) is 9.01. The van der Waals surface area contributed by atoms with E-state index in [1.165, 1.54) is 16.8 Å². The van der Waals surface area contributed by atoms with E-state index in [2.05, 4.69) is 14.3 Å². The molecule has 0 N–H and O–H groups in total. The molecule has 2 unspecified atom stereocenters. The van der Waals surface area contributed by atoms with Gasteiger partial charge in [-0.3, -0.25) is 0 Å². The maximum Gasteiger partial charge on any atom is 0.508 e. The van der Waals surface area contributed by atoms with Crippen LogP contribution in [0, 0.1) is 11.6 Å². The molecular weight excluding hydrogens is 445 g/mol. The molecule has 6 nitrogen and oxygen atoms in total. The van der Waals surface area contributed by atoms with Gasteiger partial charge in [-0.1, -0.05) is 19.1 Å². The number of fused-ring (bicyclic) bond motifs is 3. The van der Waals surface area contributed by atoms with Gasteiger partial charge < -0.3 is 8.92 Å². The molecule has 0 radical (unpaired) electrons. The molecule has 164 valence electrons. The van der Waals surface area contributed by atoms with E-state index in [1.807, 2.05) is 0 Å². The van der Waals surface area contributed by atoms with Gasteiger partial charge in [-0.25, -0.2) is 22.5 Å². The molecule has 0 saturated heterocycles. The predicted molar refractivity (Wildman–Crippen MR) is 101 cm³/mol. The van der Waals surface area contributed by atoms with E-state index in [0.717, 1.165) is 12.1 Å². The minimum Gasteiger partial charge on any atom is -0.493 e. The summed E-state index contributed by atoms with van der Waals surface area (Å²) in [6.07, 6.45) is 3.18. The maximum atomic E-state index is 14.5. The third-order valence-electron chi connectivity index (χ3n) is 4.61. The van der Waals surface area contributed by atoms with Crippen molar-refractivity contribution in [3.05, 3.63) is 53.4 Å². The molecule has 12 heteroatoms. The summed E-state index contributed by atoms with van der Waals surface area (Å²) in [6, 6.07) is 3.16. The Morgan fingerprint density at radius 1 is 1.23 bits per heavy atom. The summed E-state index contributed by atoms with van der Waals surface area (Å²) in [7, 11) is 0. The Hall–Kier alpha value is -3.02. The molecular formula is C19H14F5N3O3S. The number of halogens is 5. The number of allylic oxidation sites excluding steroid dienone is 1. The number of nitrogens with zero attached hydrogens (tertiary/aromatic N) is 3. The standard InChI is InChI=1S/C19H14F5N3O3S/c1-3-29-13-7-9(2)16-11(13)8-25-17-14(10-5-4-6-12(20)15(10)21)18(26-27(16)17)30-31(28)19(22,23)24/h4-9H,3H2,1-2H3. The highest BCUT2D eigenvalue weighted by Crippen LogP contribution is 2.41. The highest BCUT2D eigenvalue weighted by atomic mass is 32.2. The highest BCUT2D eigenvalue weighted by molar-refractivity contribution is 7.81. The molecule has 0 saturated carbocycles. The van der Waals surface area contributed by atoms with E-state index in [9.17, 15) is 26.2 Å². The van der Waals surface area contributed by atoms with Crippen molar-refractivity contribution in [3.63, 3.8) is 0 Å². The van der Waals surface area contributed by atoms with Crippen molar-refractivity contribution in [2.75, 3.05) is 6.61 Å². The van der Waals surface area contributed by atoms with Crippen LogP contribution in [-0.4, -0.2) is 30.9 Å². The quantitative estimate of drug-likeness (QED) is 0.516. The van der Waals surface area contributed by atoms with Gasteiger partial charge >= 0.3 is 16.6 Å². The van der Waals surface area contributed by atoms with Gasteiger partial charge in [0.25, 0.3) is 5.88 Å². The largest absolute Gasteiger partial charge is 0.508 e. The van der Waals surface area contributed by atoms with Crippen LogP contribution in [0.25, 0.3) is 22.5 Å². The molecule has 2 atom stereocenters. The fourth-order valence-corrected chi connectivity index (χ4v) is 3.75. The van der Waals surface area contributed by atoms with Gasteiger partial charge in [-0.15, -0.1) is 5.10 Å². The van der Waals surface area contributed by atoms with Crippen LogP contribution in [0.1, 0.15) is 31.0 Å². The van der Waals surface area contributed by atoms with Crippen LogP contribution in [0.2, 0.25) is 0 Å². The first-order valence-corrected chi connectivity index (χ1v) is 10.1. The van der Waals surface area contributed by atoms with E-state index in [-0.39, 0.29) is 17.1 Å². The van der Waals surface area contributed by atoms with E-state index in [1.54, 1.807) is 19.9 Å². The summed E-state index contributed by atoms with van der Waals surface area (Å²) >= 11 is -3.79. The van der Waals surface area contributed by atoms with E-state index in [0.29, 0.717) is 23.6 Å². The van der Waals surface area contributed by atoms with Gasteiger partial charge in [0.1, 0.15) is 5.76 Å². The highest BCUT2D eigenvalue weighted by Gasteiger charge is 2.41. The normalized spacial score (nSPS) is 16.9. The second kappa shape index (κ2) is 7.59. The van der Waals surface area contributed by atoms with Crippen molar-refractivity contribution in [1.82, 2.24) is 14.6 Å². The van der Waals surface area contributed by atoms with Crippen LogP contribution in [0.3, 0.4) is 0 Å². The zero-order valence-electron chi connectivity index (χ0n) is 16.0. The van der Waals surface area contributed by atoms with Crippen LogP contribution >= 0.6 is 0 Å². The molecule has 1 aliphatic carbocycles. The van der Waals surface area contributed by atoms with Gasteiger partial charge in [0.15, 0.2) is 17.3 Å². The second-order valence-electron chi connectivity index (χ2n) is 6.59. The van der Waals surface area contributed by atoms with E-state index >= 15 is 0 Å². The van der Waals surface area contributed by atoms with E-state index in [4.69, 9.17) is 4.74 Å². The van der Waals surface area contributed by atoms with Gasteiger partial charge in [0.05, 0.1) is 23.4 Å². The van der Waals surface area contributed by atoms with Crippen LogP contribution in [0.5, 0.6) is 5.88 Å². The molecule has 0 amide bonds. The summed E-state index contributed by atoms with van der Waals surface area (Å²) in [5.41, 5.74) is -5.04. The Kier molecular flexibility index (Phi) is 5.20. The molecule has 0 spiro atoms. The van der Waals surface area contributed by atoms with Crippen LogP contribution < -0.4 is 4.18 Å². The van der Waals surface area contributed by atoms with E-state index < -0.39 is 39.7 Å². The molecule has 1 aromatic carbocycles. The number of ether oxygens (including phenoxy) is 1. The molecule has 2 aromatic heterocycles. The van der Waals surface area contributed by atoms with Crippen molar-refractivity contribution in [1.29, 1.82) is 0 Å². The lowest BCUT2D eigenvalue weighted by Crippen LogP contribution is -2.21. The van der Waals surface area contributed by atoms with Gasteiger partial charge in [-0.05, 0) is 19.1 Å². The van der Waals surface area contributed by atoms with Crippen molar-refractivity contribution in [2.45, 2.75) is 25.3 Å². The Labute approximate surface area is 175 Å². The Morgan fingerprint density at radius 3 is 2.65 bits per heavy atom. The average molecular weight is 459 g/mol. The predicted octanol–water partition coefficient (Wildman–Crippen LogP) is 4.73. The first-order chi connectivity index (χ1) is 14.6. The Morgan fingerprint density at radius 2 is 1.97 bits per heavy atom. The lowest BCUT2D eigenvalue weighted by Gasteiger charge is -2.09. The maximum absolute atomic E-state index is 14.5. The fourth-order valence-electron chi connectivity index (χ4n) is 3.40.